The largest absolute Gasteiger partial charge is 0.310 e. The maximum absolute atomic E-state index is 2.63. The molecule has 0 aliphatic heterocycles. The topological polar surface area (TPSA) is 3.24 Å². The third kappa shape index (κ3) is 4.42. The molecule has 6 aliphatic rings. The van der Waals surface area contributed by atoms with Gasteiger partial charge in [-0.2, -0.15) is 0 Å². The Balaban J connectivity index is 1.05. The molecule has 6 aromatic carbocycles. The van der Waals surface area contributed by atoms with Crippen molar-refractivity contribution >= 4 is 17.1 Å². The number of hydrogen-bond donors (Lipinski definition) is 0. The van der Waals surface area contributed by atoms with Gasteiger partial charge in [0.25, 0.3) is 0 Å². The van der Waals surface area contributed by atoms with E-state index >= 15 is 0 Å². The summed E-state index contributed by atoms with van der Waals surface area (Å²) in [5.41, 5.74) is 18.8. The lowest BCUT2D eigenvalue weighted by Gasteiger charge is -2.54. The van der Waals surface area contributed by atoms with Crippen LogP contribution in [-0.4, -0.2) is 0 Å². The highest BCUT2D eigenvalue weighted by atomic mass is 15.1. The maximum atomic E-state index is 2.63. The van der Waals surface area contributed by atoms with Crippen molar-refractivity contribution in [3.8, 4) is 33.4 Å². The van der Waals surface area contributed by atoms with Gasteiger partial charge < -0.3 is 4.90 Å². The molecule has 7 atom stereocenters. The molecule has 0 heterocycles. The molecule has 0 radical (unpaired) electrons. The molecule has 0 N–H and O–H groups in total. The quantitative estimate of drug-likeness (QED) is 0.172. The Morgan fingerprint density at radius 3 is 1.93 bits per heavy atom. The number of rotatable bonds is 5. The first-order chi connectivity index (χ1) is 27.2. The second-order valence-corrected chi connectivity index (χ2v) is 18.3. The lowest BCUT2D eigenvalue weighted by atomic mass is 9.50. The van der Waals surface area contributed by atoms with Crippen molar-refractivity contribution in [2.24, 2.45) is 29.6 Å². The van der Waals surface area contributed by atoms with E-state index in [-0.39, 0.29) is 10.8 Å². The first-order valence-corrected chi connectivity index (χ1v) is 21.6. The standard InChI is InChI=1S/C54H51N/c1-2-39-29-35-11-10-14-41(30-35)54(39)50-18-9-7-16-46(50)48-32-43(26-28-51(48)54)55(42-23-20-38(21-24-42)37-12-4-3-5-13-37)44-25-27-47-45-15-6-8-17-49(45)53(52(47)33-44)34-36-19-22-40(53)31-36/h3-9,12-13,15-18,20-21,23-28,32-33,35-36,39-41H,2,10-11,14,19,22,29-31,34H2,1H3. The average molecular weight is 714 g/mol. The van der Waals surface area contributed by atoms with Gasteiger partial charge in [-0.3, -0.25) is 0 Å². The number of nitrogens with zero attached hydrogens (tertiary/aromatic N) is 1. The van der Waals surface area contributed by atoms with Gasteiger partial charge in [0.15, 0.2) is 0 Å². The van der Waals surface area contributed by atoms with E-state index < -0.39 is 0 Å². The molecule has 0 amide bonds. The number of hydrogen-bond acceptors (Lipinski definition) is 1. The zero-order valence-electron chi connectivity index (χ0n) is 32.2. The summed E-state index contributed by atoms with van der Waals surface area (Å²) in [6.45, 7) is 2.47. The number of anilines is 3. The molecule has 4 fully saturated rings. The highest BCUT2D eigenvalue weighted by Gasteiger charge is 2.58. The Morgan fingerprint density at radius 2 is 1.15 bits per heavy atom. The van der Waals surface area contributed by atoms with Crippen LogP contribution in [0.15, 0.2) is 140 Å². The monoisotopic (exact) mass is 713 g/mol. The van der Waals surface area contributed by atoms with E-state index in [0.717, 1.165) is 23.7 Å². The molecule has 6 aliphatic carbocycles. The van der Waals surface area contributed by atoms with E-state index in [4.69, 9.17) is 0 Å². The van der Waals surface area contributed by atoms with Gasteiger partial charge in [-0.15, -0.1) is 0 Å². The molecule has 7 unspecified atom stereocenters. The van der Waals surface area contributed by atoms with E-state index in [1.54, 1.807) is 22.3 Å². The minimum atomic E-state index is 0.131. The van der Waals surface area contributed by atoms with Crippen molar-refractivity contribution < 1.29 is 0 Å². The normalized spacial score (nSPS) is 28.9. The smallest absolute Gasteiger partial charge is 0.0468 e. The zero-order chi connectivity index (χ0) is 36.3. The highest BCUT2D eigenvalue weighted by molar-refractivity contribution is 5.90. The minimum Gasteiger partial charge on any atom is -0.310 e. The molecule has 272 valence electrons. The Hall–Kier alpha value is -4.88. The molecule has 0 aromatic heterocycles. The fourth-order valence-electron chi connectivity index (χ4n) is 14.1. The molecule has 0 saturated heterocycles. The molecule has 55 heavy (non-hydrogen) atoms. The van der Waals surface area contributed by atoms with Crippen molar-refractivity contribution in [2.75, 3.05) is 4.90 Å². The van der Waals surface area contributed by atoms with Crippen LogP contribution in [0.25, 0.3) is 33.4 Å². The third-order valence-electron chi connectivity index (χ3n) is 16.1. The van der Waals surface area contributed by atoms with Crippen LogP contribution < -0.4 is 4.90 Å². The lowest BCUT2D eigenvalue weighted by molar-refractivity contribution is 0.0557. The second-order valence-electron chi connectivity index (χ2n) is 18.3. The summed E-state index contributed by atoms with van der Waals surface area (Å²) in [6.07, 6.45) is 13.7. The SMILES string of the molecule is CCC1CC2CCCC(C2)C12c1ccccc1-c1cc(N(c3ccc(-c4ccccc4)cc3)c3ccc4c(c3)C3(CC5CCC3C5)c3ccccc3-4)ccc12. The molecule has 1 heteroatoms. The molecule has 2 spiro atoms. The molecular formula is C54H51N. The Kier molecular flexibility index (Phi) is 7.10. The van der Waals surface area contributed by atoms with Gasteiger partial charge in [0.1, 0.15) is 0 Å². The lowest BCUT2D eigenvalue weighted by Crippen LogP contribution is -2.48. The third-order valence-corrected chi connectivity index (χ3v) is 16.1. The van der Waals surface area contributed by atoms with E-state index in [1.807, 2.05) is 0 Å². The van der Waals surface area contributed by atoms with Crippen molar-refractivity contribution in [3.63, 3.8) is 0 Å². The predicted octanol–water partition coefficient (Wildman–Crippen LogP) is 14.4. The van der Waals surface area contributed by atoms with Gasteiger partial charge >= 0.3 is 0 Å². The first-order valence-electron chi connectivity index (χ1n) is 21.6. The summed E-state index contributed by atoms with van der Waals surface area (Å²) < 4.78 is 0. The van der Waals surface area contributed by atoms with Crippen molar-refractivity contribution in [3.05, 3.63) is 162 Å². The molecule has 4 bridgehead atoms. The zero-order valence-corrected chi connectivity index (χ0v) is 32.2. The van der Waals surface area contributed by atoms with Gasteiger partial charge in [-0.05, 0) is 160 Å². The molecule has 12 rings (SSSR count). The summed E-state index contributed by atoms with van der Waals surface area (Å²) in [6, 6.07) is 54.3. The highest BCUT2D eigenvalue weighted by Crippen LogP contribution is 2.67. The van der Waals surface area contributed by atoms with E-state index in [0.29, 0.717) is 5.92 Å². The first kappa shape index (κ1) is 32.4. The summed E-state index contributed by atoms with van der Waals surface area (Å²) >= 11 is 0. The Bertz CT molecular complexity index is 2450. The van der Waals surface area contributed by atoms with Crippen LogP contribution in [0.5, 0.6) is 0 Å². The second kappa shape index (κ2) is 12.1. The van der Waals surface area contributed by atoms with E-state index in [1.165, 1.54) is 115 Å². The van der Waals surface area contributed by atoms with Crippen LogP contribution in [-0.2, 0) is 10.8 Å². The van der Waals surface area contributed by atoms with Crippen LogP contribution >= 0.6 is 0 Å². The van der Waals surface area contributed by atoms with E-state index in [2.05, 4.69) is 151 Å². The van der Waals surface area contributed by atoms with Gasteiger partial charge in [0, 0.05) is 27.9 Å². The van der Waals surface area contributed by atoms with Gasteiger partial charge in [-0.25, -0.2) is 0 Å². The van der Waals surface area contributed by atoms with Gasteiger partial charge in [0.05, 0.1) is 0 Å². The predicted molar refractivity (Wildman–Crippen MR) is 228 cm³/mol. The summed E-state index contributed by atoms with van der Waals surface area (Å²) in [7, 11) is 0. The number of benzene rings is 6. The van der Waals surface area contributed by atoms with Gasteiger partial charge in [-0.1, -0.05) is 136 Å². The van der Waals surface area contributed by atoms with Crippen molar-refractivity contribution in [1.82, 2.24) is 0 Å². The van der Waals surface area contributed by atoms with Crippen molar-refractivity contribution in [2.45, 2.75) is 82.0 Å². The minimum absolute atomic E-state index is 0.131. The van der Waals surface area contributed by atoms with Crippen LogP contribution in [0.1, 0.15) is 93.4 Å². The summed E-state index contributed by atoms with van der Waals surface area (Å²) in [4.78, 5) is 2.58. The van der Waals surface area contributed by atoms with Gasteiger partial charge in [0.2, 0.25) is 0 Å². The summed E-state index contributed by atoms with van der Waals surface area (Å²) in [5.74, 6) is 3.93. The number of fused-ring (bicyclic) bond motifs is 16. The molecule has 4 saturated carbocycles. The molecule has 6 aromatic rings. The van der Waals surface area contributed by atoms with Crippen molar-refractivity contribution in [1.29, 1.82) is 0 Å². The summed E-state index contributed by atoms with van der Waals surface area (Å²) in [5, 5.41) is 0. The fourth-order valence-corrected chi connectivity index (χ4v) is 14.1. The van der Waals surface area contributed by atoms with E-state index in [9.17, 15) is 0 Å². The van der Waals surface area contributed by atoms with Crippen LogP contribution in [0, 0.1) is 29.6 Å². The fraction of sp³-hybridized carbons (Fsp3) is 0.333. The molecule has 1 nitrogen and oxygen atoms in total. The Morgan fingerprint density at radius 1 is 0.491 bits per heavy atom. The Labute approximate surface area is 327 Å². The van der Waals surface area contributed by atoms with Crippen LogP contribution in [0.4, 0.5) is 17.1 Å². The van der Waals surface area contributed by atoms with Crippen LogP contribution in [0.3, 0.4) is 0 Å². The molecular weight excluding hydrogens is 663 g/mol. The van der Waals surface area contributed by atoms with Crippen LogP contribution in [0.2, 0.25) is 0 Å². The maximum Gasteiger partial charge on any atom is 0.0468 e. The average Bonchev–Trinajstić information content (AvgIpc) is 4.00.